The summed E-state index contributed by atoms with van der Waals surface area (Å²) in [5, 5.41) is 8.23. The molecule has 0 radical (unpaired) electrons. The Bertz CT molecular complexity index is 2140. The third kappa shape index (κ3) is 3.59. The molecule has 6 aromatic carbocycles. The van der Waals surface area contributed by atoms with Gasteiger partial charge in [-0.2, -0.15) is 0 Å². The molecular formula is C36H22N2O. The van der Waals surface area contributed by atoms with Gasteiger partial charge in [0.25, 0.3) is 0 Å². The predicted octanol–water partition coefficient (Wildman–Crippen LogP) is 9.68. The quantitative estimate of drug-likeness (QED) is 0.180. The van der Waals surface area contributed by atoms with Crippen LogP contribution in [0.4, 0.5) is 0 Å². The van der Waals surface area contributed by atoms with Gasteiger partial charge in [0.05, 0.1) is 5.69 Å². The number of rotatable bonds is 3. The minimum Gasteiger partial charge on any atom is -0.454 e. The highest BCUT2D eigenvalue weighted by molar-refractivity contribution is 6.19. The van der Waals surface area contributed by atoms with Crippen LogP contribution >= 0.6 is 0 Å². The van der Waals surface area contributed by atoms with Crippen molar-refractivity contribution < 1.29 is 4.42 Å². The third-order valence-corrected chi connectivity index (χ3v) is 7.46. The van der Waals surface area contributed by atoms with Crippen molar-refractivity contribution in [3.05, 3.63) is 133 Å². The number of fused-ring (bicyclic) bond motifs is 5. The normalized spacial score (nSPS) is 11.6. The fourth-order valence-corrected chi connectivity index (χ4v) is 5.62. The van der Waals surface area contributed by atoms with E-state index < -0.39 is 0 Å². The fourth-order valence-electron chi connectivity index (χ4n) is 5.62. The number of hydrogen-bond acceptors (Lipinski definition) is 3. The Morgan fingerprint density at radius 3 is 1.97 bits per heavy atom. The first-order valence-electron chi connectivity index (χ1n) is 13.1. The van der Waals surface area contributed by atoms with Gasteiger partial charge in [0.1, 0.15) is 11.3 Å². The second-order valence-corrected chi connectivity index (χ2v) is 9.83. The van der Waals surface area contributed by atoms with Crippen LogP contribution in [0.15, 0.2) is 138 Å². The van der Waals surface area contributed by atoms with Crippen molar-refractivity contribution in [3.8, 4) is 34.1 Å². The zero-order valence-corrected chi connectivity index (χ0v) is 21.0. The van der Waals surface area contributed by atoms with E-state index in [1.165, 1.54) is 26.9 Å². The molecule has 8 aromatic rings. The summed E-state index contributed by atoms with van der Waals surface area (Å²) in [6.07, 6.45) is 0. The Kier molecular flexibility index (Phi) is 4.82. The van der Waals surface area contributed by atoms with Crippen LogP contribution in [-0.4, -0.2) is 9.97 Å². The van der Waals surface area contributed by atoms with Crippen molar-refractivity contribution in [1.29, 1.82) is 0 Å². The summed E-state index contributed by atoms with van der Waals surface area (Å²) in [5.41, 5.74) is 4.54. The number of benzene rings is 6. The zero-order valence-electron chi connectivity index (χ0n) is 21.0. The van der Waals surface area contributed by atoms with E-state index in [0.29, 0.717) is 5.82 Å². The van der Waals surface area contributed by atoms with Crippen LogP contribution in [0.1, 0.15) is 0 Å². The molecule has 3 heteroatoms. The smallest absolute Gasteiger partial charge is 0.160 e. The van der Waals surface area contributed by atoms with Gasteiger partial charge >= 0.3 is 0 Å². The maximum absolute atomic E-state index is 6.28. The lowest BCUT2D eigenvalue weighted by Gasteiger charge is -2.15. The summed E-state index contributed by atoms with van der Waals surface area (Å²) in [4.78, 5) is 10.2. The van der Waals surface area contributed by atoms with E-state index in [9.17, 15) is 0 Å². The number of furan rings is 1. The van der Waals surface area contributed by atoms with Crippen LogP contribution in [0, 0.1) is 0 Å². The maximum atomic E-state index is 6.28. The van der Waals surface area contributed by atoms with Crippen molar-refractivity contribution >= 4 is 43.3 Å². The summed E-state index contributed by atoms with van der Waals surface area (Å²) >= 11 is 0. The molecule has 0 amide bonds. The van der Waals surface area contributed by atoms with Crippen LogP contribution in [0.3, 0.4) is 0 Å². The number of para-hydroxylation sites is 1. The molecule has 0 bridgehead atoms. The van der Waals surface area contributed by atoms with Crippen LogP contribution in [0.5, 0.6) is 0 Å². The Labute approximate surface area is 225 Å². The molecule has 0 aliphatic rings. The molecule has 0 aliphatic heterocycles. The molecular weight excluding hydrogens is 476 g/mol. The number of hydrogen-bond donors (Lipinski definition) is 0. The van der Waals surface area contributed by atoms with Crippen molar-refractivity contribution in [2.24, 2.45) is 0 Å². The molecule has 0 N–H and O–H groups in total. The first kappa shape index (κ1) is 21.8. The minimum atomic E-state index is 0.672. The van der Waals surface area contributed by atoms with Crippen molar-refractivity contribution in [2.75, 3.05) is 0 Å². The van der Waals surface area contributed by atoms with Gasteiger partial charge < -0.3 is 4.42 Å². The standard InChI is InChI=1S/C36H22N2O/c1-2-11-24(12-3-1)36-37-31(34-21-26-14-6-9-17-33(26)39-34)22-32(38-36)35-28-16-8-5-13-25(28)20-30-27-15-7-4-10-23(27)18-19-29(30)35/h1-22H. The summed E-state index contributed by atoms with van der Waals surface area (Å²) in [7, 11) is 0. The Morgan fingerprint density at radius 2 is 1.13 bits per heavy atom. The van der Waals surface area contributed by atoms with Gasteiger partial charge in [0.2, 0.25) is 0 Å². The second-order valence-electron chi connectivity index (χ2n) is 9.83. The first-order chi connectivity index (χ1) is 19.3. The van der Waals surface area contributed by atoms with E-state index in [4.69, 9.17) is 14.4 Å². The Morgan fingerprint density at radius 1 is 0.436 bits per heavy atom. The average molecular weight is 499 g/mol. The highest BCUT2D eigenvalue weighted by Gasteiger charge is 2.18. The molecule has 0 spiro atoms. The van der Waals surface area contributed by atoms with Crippen LogP contribution < -0.4 is 0 Å². The third-order valence-electron chi connectivity index (χ3n) is 7.46. The SMILES string of the molecule is c1ccc(-c2nc(-c3cc4ccccc4o3)cc(-c3c4ccccc4cc4c3ccc3ccccc34)n2)cc1. The van der Waals surface area contributed by atoms with E-state index >= 15 is 0 Å². The lowest BCUT2D eigenvalue weighted by molar-refractivity contribution is 0.628. The van der Waals surface area contributed by atoms with E-state index in [2.05, 4.69) is 97.1 Å². The summed E-state index contributed by atoms with van der Waals surface area (Å²) in [5.74, 6) is 1.40. The molecule has 2 aromatic heterocycles. The van der Waals surface area contributed by atoms with E-state index in [1.807, 2.05) is 36.4 Å². The lowest BCUT2D eigenvalue weighted by Crippen LogP contribution is -1.97. The minimum absolute atomic E-state index is 0.672. The topological polar surface area (TPSA) is 38.9 Å². The van der Waals surface area contributed by atoms with Gasteiger partial charge in [-0.15, -0.1) is 0 Å². The highest BCUT2D eigenvalue weighted by atomic mass is 16.3. The molecule has 0 saturated carbocycles. The van der Waals surface area contributed by atoms with Crippen molar-refractivity contribution in [3.63, 3.8) is 0 Å². The molecule has 39 heavy (non-hydrogen) atoms. The maximum Gasteiger partial charge on any atom is 0.160 e. The summed E-state index contributed by atoms with van der Waals surface area (Å²) in [6, 6.07) is 46.2. The van der Waals surface area contributed by atoms with E-state index in [1.54, 1.807) is 0 Å². The van der Waals surface area contributed by atoms with Gasteiger partial charge in [-0.25, -0.2) is 9.97 Å². The molecule has 0 aliphatic carbocycles. The van der Waals surface area contributed by atoms with Crippen LogP contribution in [-0.2, 0) is 0 Å². The largest absolute Gasteiger partial charge is 0.454 e. The Balaban J connectivity index is 1.48. The number of aromatic nitrogens is 2. The molecule has 0 unspecified atom stereocenters. The van der Waals surface area contributed by atoms with Gasteiger partial charge in [-0.3, -0.25) is 0 Å². The van der Waals surface area contributed by atoms with Gasteiger partial charge in [0.15, 0.2) is 11.6 Å². The van der Waals surface area contributed by atoms with Crippen molar-refractivity contribution in [1.82, 2.24) is 9.97 Å². The van der Waals surface area contributed by atoms with Gasteiger partial charge in [-0.05, 0) is 56.6 Å². The molecule has 2 heterocycles. The molecule has 0 fully saturated rings. The van der Waals surface area contributed by atoms with E-state index in [-0.39, 0.29) is 0 Å². The molecule has 0 saturated heterocycles. The molecule has 3 nitrogen and oxygen atoms in total. The number of nitrogens with zero attached hydrogens (tertiary/aromatic N) is 2. The summed E-state index contributed by atoms with van der Waals surface area (Å²) in [6.45, 7) is 0. The van der Waals surface area contributed by atoms with E-state index in [0.717, 1.165) is 44.6 Å². The monoisotopic (exact) mass is 498 g/mol. The fraction of sp³-hybridized carbons (Fsp3) is 0. The summed E-state index contributed by atoms with van der Waals surface area (Å²) < 4.78 is 6.28. The zero-order chi connectivity index (χ0) is 25.8. The van der Waals surface area contributed by atoms with Crippen molar-refractivity contribution in [2.45, 2.75) is 0 Å². The second kappa shape index (κ2) is 8.64. The molecule has 182 valence electrons. The van der Waals surface area contributed by atoms with Crippen LogP contribution in [0.25, 0.3) is 77.4 Å². The lowest BCUT2D eigenvalue weighted by atomic mass is 9.91. The first-order valence-corrected chi connectivity index (χ1v) is 13.1. The highest BCUT2D eigenvalue weighted by Crippen LogP contribution is 2.40. The average Bonchev–Trinajstić information content (AvgIpc) is 3.45. The Hall–Kier alpha value is -5.28. The molecule has 8 rings (SSSR count). The van der Waals surface area contributed by atoms with Gasteiger partial charge in [-0.1, -0.05) is 109 Å². The van der Waals surface area contributed by atoms with Gasteiger partial charge in [0, 0.05) is 16.5 Å². The predicted molar refractivity (Wildman–Crippen MR) is 161 cm³/mol. The molecule has 0 atom stereocenters. The van der Waals surface area contributed by atoms with Crippen LogP contribution in [0.2, 0.25) is 0 Å².